The van der Waals surface area contributed by atoms with Crippen LogP contribution in [-0.2, 0) is 14.4 Å². The van der Waals surface area contributed by atoms with Crippen LogP contribution in [0, 0.1) is 17.3 Å². The van der Waals surface area contributed by atoms with E-state index in [9.17, 15) is 24.3 Å². The number of rotatable bonds is 9. The molecule has 1 aromatic heterocycles. The first-order chi connectivity index (χ1) is 17.5. The number of aromatic nitrogens is 2. The largest absolute Gasteiger partial charge is 0.480 e. The Labute approximate surface area is 219 Å². The first-order valence-corrected chi connectivity index (χ1v) is 13.4. The second kappa shape index (κ2) is 12.5. The number of carbonyl (C=O) groups is 4. The van der Waals surface area contributed by atoms with E-state index in [0.29, 0.717) is 13.0 Å². The molecule has 3 N–H and O–H groups in total. The summed E-state index contributed by atoms with van der Waals surface area (Å²) in [5.74, 6) is -2.52. The Hall–Kier alpha value is -3.04. The van der Waals surface area contributed by atoms with Crippen molar-refractivity contribution < 1.29 is 24.3 Å². The molecule has 10 nitrogen and oxygen atoms in total. The van der Waals surface area contributed by atoms with Gasteiger partial charge in [0, 0.05) is 18.9 Å². The molecule has 1 aliphatic carbocycles. The number of amides is 3. The Morgan fingerprint density at radius 1 is 1.08 bits per heavy atom. The third-order valence-electron chi connectivity index (χ3n) is 7.60. The normalized spacial score (nSPS) is 22.2. The molecule has 4 atom stereocenters. The van der Waals surface area contributed by atoms with E-state index in [4.69, 9.17) is 0 Å². The van der Waals surface area contributed by atoms with Gasteiger partial charge in [0.25, 0.3) is 5.91 Å². The van der Waals surface area contributed by atoms with Gasteiger partial charge in [-0.3, -0.25) is 19.4 Å². The monoisotopic (exact) mass is 515 g/mol. The van der Waals surface area contributed by atoms with Crippen LogP contribution >= 0.6 is 0 Å². The summed E-state index contributed by atoms with van der Waals surface area (Å²) in [6.45, 7) is 7.89. The highest BCUT2D eigenvalue weighted by atomic mass is 16.4. The molecule has 0 bridgehead atoms. The van der Waals surface area contributed by atoms with E-state index >= 15 is 0 Å². The number of carboxylic acid groups (broad SMARTS) is 1. The summed E-state index contributed by atoms with van der Waals surface area (Å²) in [6.07, 6.45) is 11.0. The molecule has 2 fully saturated rings. The van der Waals surface area contributed by atoms with Crippen LogP contribution in [0.5, 0.6) is 0 Å². The predicted octanol–water partition coefficient (Wildman–Crippen LogP) is 2.79. The van der Waals surface area contributed by atoms with Crippen molar-refractivity contribution >= 4 is 23.7 Å². The fourth-order valence-corrected chi connectivity index (χ4v) is 5.65. The zero-order valence-corrected chi connectivity index (χ0v) is 22.4. The van der Waals surface area contributed by atoms with Gasteiger partial charge >= 0.3 is 5.97 Å². The SMILES string of the molecule is CCCC1CCN(C(=O)C(NC(=O)C(NC(=O)c2cnccn2)C2CCCCC2)C(C)(C)C)C1C(=O)O. The molecule has 0 spiro atoms. The molecule has 3 amide bonds. The molecule has 1 aromatic rings. The molecule has 2 heterocycles. The van der Waals surface area contributed by atoms with Crippen molar-refractivity contribution in [2.45, 2.75) is 97.2 Å². The van der Waals surface area contributed by atoms with Gasteiger partial charge in [-0.05, 0) is 42.9 Å². The van der Waals surface area contributed by atoms with E-state index in [1.807, 2.05) is 27.7 Å². The fraction of sp³-hybridized carbons (Fsp3) is 0.704. The molecular weight excluding hydrogens is 474 g/mol. The maximum atomic E-state index is 13.8. The summed E-state index contributed by atoms with van der Waals surface area (Å²) < 4.78 is 0. The van der Waals surface area contributed by atoms with Gasteiger partial charge in [-0.25, -0.2) is 9.78 Å². The Morgan fingerprint density at radius 3 is 2.35 bits per heavy atom. The zero-order valence-electron chi connectivity index (χ0n) is 22.4. The number of aliphatic carboxylic acids is 1. The third-order valence-corrected chi connectivity index (χ3v) is 7.60. The van der Waals surface area contributed by atoms with E-state index in [-0.39, 0.29) is 17.5 Å². The van der Waals surface area contributed by atoms with Gasteiger partial charge in [-0.2, -0.15) is 0 Å². The van der Waals surface area contributed by atoms with Gasteiger partial charge in [-0.15, -0.1) is 0 Å². The molecule has 0 radical (unpaired) electrons. The molecule has 10 heteroatoms. The molecule has 4 unspecified atom stereocenters. The first kappa shape index (κ1) is 28.5. The van der Waals surface area contributed by atoms with Crippen LogP contribution in [0.15, 0.2) is 18.6 Å². The van der Waals surface area contributed by atoms with E-state index in [1.54, 1.807) is 0 Å². The summed E-state index contributed by atoms with van der Waals surface area (Å²) >= 11 is 0. The Morgan fingerprint density at radius 2 is 1.78 bits per heavy atom. The number of likely N-dealkylation sites (tertiary alicyclic amines) is 1. The lowest BCUT2D eigenvalue weighted by molar-refractivity contribution is -0.152. The summed E-state index contributed by atoms with van der Waals surface area (Å²) in [5, 5.41) is 15.7. The molecule has 0 aromatic carbocycles. The van der Waals surface area contributed by atoms with E-state index in [0.717, 1.165) is 44.9 Å². The van der Waals surface area contributed by atoms with Crippen LogP contribution in [0.2, 0.25) is 0 Å². The summed E-state index contributed by atoms with van der Waals surface area (Å²) in [6, 6.07) is -2.68. The molecular formula is C27H41N5O5. The van der Waals surface area contributed by atoms with Crippen molar-refractivity contribution in [3.05, 3.63) is 24.3 Å². The van der Waals surface area contributed by atoms with Gasteiger partial charge in [-0.1, -0.05) is 53.4 Å². The van der Waals surface area contributed by atoms with Gasteiger partial charge in [0.2, 0.25) is 11.8 Å². The second-order valence-corrected chi connectivity index (χ2v) is 11.4. The van der Waals surface area contributed by atoms with Crippen LogP contribution in [0.4, 0.5) is 0 Å². The van der Waals surface area contributed by atoms with Crippen molar-refractivity contribution in [3.8, 4) is 0 Å². The first-order valence-electron chi connectivity index (χ1n) is 13.4. The average molecular weight is 516 g/mol. The lowest BCUT2D eigenvalue weighted by atomic mass is 9.82. The predicted molar refractivity (Wildman–Crippen MR) is 137 cm³/mol. The van der Waals surface area contributed by atoms with Crippen molar-refractivity contribution in [1.29, 1.82) is 0 Å². The molecule has 1 aliphatic heterocycles. The highest BCUT2D eigenvalue weighted by Crippen LogP contribution is 2.32. The standard InChI is InChI=1S/C27H41N5O5/c1-5-9-18-12-15-32(21(18)26(36)37)25(35)22(27(2,3)4)31-24(34)20(17-10-7-6-8-11-17)30-23(33)19-16-28-13-14-29-19/h13-14,16-18,20-22H,5-12,15H2,1-4H3,(H,30,33)(H,31,34)(H,36,37). The van der Waals surface area contributed by atoms with Crippen molar-refractivity contribution in [3.63, 3.8) is 0 Å². The summed E-state index contributed by atoms with van der Waals surface area (Å²) in [5.41, 5.74) is -0.562. The lowest BCUT2D eigenvalue weighted by Crippen LogP contribution is -2.61. The highest BCUT2D eigenvalue weighted by Gasteiger charge is 2.46. The van der Waals surface area contributed by atoms with Gasteiger partial charge in [0.15, 0.2) is 0 Å². The fourth-order valence-electron chi connectivity index (χ4n) is 5.65. The van der Waals surface area contributed by atoms with Crippen LogP contribution in [-0.4, -0.2) is 68.3 Å². The average Bonchev–Trinajstić information content (AvgIpc) is 3.30. The van der Waals surface area contributed by atoms with Gasteiger partial charge in [0.05, 0.1) is 6.20 Å². The van der Waals surface area contributed by atoms with E-state index in [1.165, 1.54) is 23.5 Å². The van der Waals surface area contributed by atoms with Gasteiger partial charge < -0.3 is 20.6 Å². The number of nitrogens with one attached hydrogen (secondary N) is 2. The minimum atomic E-state index is -1.01. The van der Waals surface area contributed by atoms with Crippen molar-refractivity contribution in [2.75, 3.05) is 6.54 Å². The van der Waals surface area contributed by atoms with E-state index < -0.39 is 47.2 Å². The van der Waals surface area contributed by atoms with Crippen LogP contribution in [0.3, 0.4) is 0 Å². The highest BCUT2D eigenvalue weighted by molar-refractivity contribution is 5.97. The third kappa shape index (κ3) is 7.05. The number of carboxylic acids is 1. The quantitative estimate of drug-likeness (QED) is 0.459. The number of nitrogens with zero attached hydrogens (tertiary/aromatic N) is 3. The van der Waals surface area contributed by atoms with Crippen LogP contribution < -0.4 is 10.6 Å². The summed E-state index contributed by atoms with van der Waals surface area (Å²) in [4.78, 5) is 61.9. The zero-order chi connectivity index (χ0) is 27.2. The molecule has 1 saturated carbocycles. The Kier molecular flexibility index (Phi) is 9.62. The molecule has 1 saturated heterocycles. The lowest BCUT2D eigenvalue weighted by Gasteiger charge is -2.37. The Balaban J connectivity index is 1.83. The second-order valence-electron chi connectivity index (χ2n) is 11.4. The molecule has 37 heavy (non-hydrogen) atoms. The van der Waals surface area contributed by atoms with Crippen LogP contribution in [0.25, 0.3) is 0 Å². The molecule has 204 valence electrons. The smallest absolute Gasteiger partial charge is 0.326 e. The van der Waals surface area contributed by atoms with Gasteiger partial charge in [0.1, 0.15) is 23.8 Å². The molecule has 3 rings (SSSR count). The topological polar surface area (TPSA) is 142 Å². The summed E-state index contributed by atoms with van der Waals surface area (Å²) in [7, 11) is 0. The maximum Gasteiger partial charge on any atom is 0.326 e. The number of carbonyl (C=O) groups excluding carboxylic acids is 3. The molecule has 2 aliphatic rings. The van der Waals surface area contributed by atoms with Crippen LogP contribution in [0.1, 0.15) is 89.5 Å². The Bertz CT molecular complexity index is 958. The van der Waals surface area contributed by atoms with E-state index in [2.05, 4.69) is 20.6 Å². The maximum absolute atomic E-state index is 13.8. The number of hydrogen-bond donors (Lipinski definition) is 3. The number of hydrogen-bond acceptors (Lipinski definition) is 6. The minimum Gasteiger partial charge on any atom is -0.480 e. The van der Waals surface area contributed by atoms with Crippen molar-refractivity contribution in [1.82, 2.24) is 25.5 Å². The van der Waals surface area contributed by atoms with Crippen molar-refractivity contribution in [2.24, 2.45) is 17.3 Å². The minimum absolute atomic E-state index is 0.0717.